The first-order valence-electron chi connectivity index (χ1n) is 10.6. The van der Waals surface area contributed by atoms with Crippen molar-refractivity contribution in [3.8, 4) is 0 Å². The van der Waals surface area contributed by atoms with Crippen molar-refractivity contribution in [2.24, 2.45) is 0 Å². The first-order valence-corrected chi connectivity index (χ1v) is 10.6. The molecule has 1 aliphatic heterocycles. The van der Waals surface area contributed by atoms with Gasteiger partial charge < -0.3 is 22.7 Å². The molecule has 29 heavy (non-hydrogen) atoms. The third-order valence-electron chi connectivity index (χ3n) is 4.44. The van der Waals surface area contributed by atoms with E-state index in [1.165, 1.54) is 5.56 Å². The van der Waals surface area contributed by atoms with Gasteiger partial charge in [0.15, 0.2) is 0 Å². The van der Waals surface area contributed by atoms with Gasteiger partial charge in [-0.3, -0.25) is 7.05 Å². The standard InChI is InChI=1S/C19H23N2O.2C2H6.C2H5.Y/c1-20-16-9-7-14(8-10-16)13-17-11-12-18(21-17)19(22)15-5-3-2-4-6-15;3*1-2;/h2-10,17-22H,1,11-13H2;2*1-2H3;1H2,2H3;/q-1;;;-1;. The summed E-state index contributed by atoms with van der Waals surface area (Å²) in [6.45, 7) is 13.0. The van der Waals surface area contributed by atoms with E-state index >= 15 is 0 Å². The Morgan fingerprint density at radius 2 is 1.52 bits per heavy atom. The molecule has 0 aromatic heterocycles. The van der Waals surface area contributed by atoms with Gasteiger partial charge in [-0.25, -0.2) is 0 Å². The number of hydrogen-bond donors (Lipinski definition) is 3. The molecule has 0 aliphatic carbocycles. The van der Waals surface area contributed by atoms with Crippen LogP contribution in [-0.4, -0.2) is 17.2 Å². The molecule has 1 saturated heterocycles. The number of nitrogens with one attached hydrogen (secondary N) is 2. The number of aliphatic hydroxyl groups excluding tert-OH is 1. The molecule has 161 valence electrons. The summed E-state index contributed by atoms with van der Waals surface area (Å²) < 4.78 is 0. The van der Waals surface area contributed by atoms with E-state index in [2.05, 4.69) is 36.7 Å². The number of hydrogen-bond acceptors (Lipinski definition) is 3. The van der Waals surface area contributed by atoms with Gasteiger partial charge in [0, 0.05) is 50.5 Å². The maximum Gasteiger partial charge on any atom is 0.0943 e. The molecule has 0 bridgehead atoms. The Hall–Kier alpha value is -0.736. The van der Waals surface area contributed by atoms with Crippen molar-refractivity contribution in [2.75, 3.05) is 5.32 Å². The Morgan fingerprint density at radius 3 is 2.03 bits per heavy atom. The normalized spacial score (nSPS) is 17.7. The van der Waals surface area contributed by atoms with Crippen LogP contribution >= 0.6 is 0 Å². The zero-order chi connectivity index (χ0) is 21.4. The molecule has 3 N–H and O–H groups in total. The molecule has 3 nitrogen and oxygen atoms in total. The maximum absolute atomic E-state index is 10.5. The zero-order valence-corrected chi connectivity index (χ0v) is 21.8. The number of anilines is 1. The summed E-state index contributed by atoms with van der Waals surface area (Å²) in [6.07, 6.45) is 2.68. The van der Waals surface area contributed by atoms with Gasteiger partial charge in [-0.15, -0.1) is 0 Å². The van der Waals surface area contributed by atoms with Crippen LogP contribution in [0.15, 0.2) is 54.6 Å². The monoisotopic (exact) mass is 473 g/mol. The molecule has 0 amide bonds. The van der Waals surface area contributed by atoms with Crippen molar-refractivity contribution < 1.29 is 37.8 Å². The van der Waals surface area contributed by atoms with Gasteiger partial charge in [0.25, 0.3) is 0 Å². The Kier molecular flexibility index (Phi) is 20.2. The van der Waals surface area contributed by atoms with Crippen LogP contribution in [0.25, 0.3) is 0 Å². The van der Waals surface area contributed by atoms with Crippen molar-refractivity contribution in [2.45, 2.75) is 72.1 Å². The van der Waals surface area contributed by atoms with Crippen LogP contribution in [0, 0.1) is 14.0 Å². The van der Waals surface area contributed by atoms with Gasteiger partial charge >= 0.3 is 0 Å². The predicted molar refractivity (Wildman–Crippen MR) is 124 cm³/mol. The molecule has 1 fully saturated rings. The van der Waals surface area contributed by atoms with Crippen molar-refractivity contribution in [3.63, 3.8) is 0 Å². The third kappa shape index (κ3) is 10.7. The predicted octanol–water partition coefficient (Wildman–Crippen LogP) is 6.18. The van der Waals surface area contributed by atoms with E-state index in [1.54, 1.807) is 6.92 Å². The Bertz CT molecular complexity index is 590. The van der Waals surface area contributed by atoms with E-state index < -0.39 is 6.10 Å². The van der Waals surface area contributed by atoms with Crippen LogP contribution in [0.3, 0.4) is 0 Å². The molecule has 0 saturated carbocycles. The van der Waals surface area contributed by atoms with Gasteiger partial charge in [-0.05, 0) is 42.5 Å². The third-order valence-corrected chi connectivity index (χ3v) is 4.44. The average molecular weight is 474 g/mol. The summed E-state index contributed by atoms with van der Waals surface area (Å²) in [7, 11) is 3.66. The van der Waals surface area contributed by atoms with E-state index in [1.807, 2.05) is 70.2 Å². The first-order chi connectivity index (χ1) is 13.8. The van der Waals surface area contributed by atoms with E-state index in [9.17, 15) is 5.11 Å². The topological polar surface area (TPSA) is 44.3 Å². The van der Waals surface area contributed by atoms with Crippen LogP contribution < -0.4 is 10.6 Å². The number of aliphatic hydroxyl groups is 1. The second kappa shape index (κ2) is 19.2. The maximum atomic E-state index is 10.5. The molecule has 1 radical (unpaired) electrons. The van der Waals surface area contributed by atoms with Gasteiger partial charge in [0.1, 0.15) is 0 Å². The van der Waals surface area contributed by atoms with Crippen molar-refractivity contribution in [1.82, 2.24) is 5.32 Å². The molecular formula is C25H40N2OY-2. The number of benzene rings is 2. The molecule has 4 heteroatoms. The Balaban J connectivity index is 0. The van der Waals surface area contributed by atoms with Crippen LogP contribution in [0.2, 0.25) is 0 Å². The van der Waals surface area contributed by atoms with E-state index in [0.29, 0.717) is 6.04 Å². The van der Waals surface area contributed by atoms with E-state index in [0.717, 1.165) is 30.5 Å². The molecule has 3 atom stereocenters. The minimum Gasteiger partial charge on any atom is -0.538 e. The fourth-order valence-corrected chi connectivity index (χ4v) is 3.19. The minimum absolute atomic E-state index is 0. The average Bonchev–Trinajstić information content (AvgIpc) is 3.27. The molecule has 2 aromatic rings. The first kappa shape index (κ1) is 30.5. The van der Waals surface area contributed by atoms with Crippen molar-refractivity contribution in [3.05, 3.63) is 79.7 Å². The Labute approximate surface area is 205 Å². The van der Waals surface area contributed by atoms with Gasteiger partial charge in [0.2, 0.25) is 0 Å². The summed E-state index contributed by atoms with van der Waals surface area (Å²) >= 11 is 0. The molecule has 0 spiro atoms. The van der Waals surface area contributed by atoms with Gasteiger partial charge in [0.05, 0.1) is 6.10 Å². The SMILES string of the molecule is CC.CC.[CH2-]C.[CH2-]Nc1ccc(CC2CCC(C(O)c3ccccc3)N2)cc1.[Y]. The smallest absolute Gasteiger partial charge is 0.0943 e. The van der Waals surface area contributed by atoms with Gasteiger partial charge in [-0.1, -0.05) is 70.2 Å². The van der Waals surface area contributed by atoms with Crippen LogP contribution in [0.4, 0.5) is 5.69 Å². The number of rotatable bonds is 5. The Morgan fingerprint density at radius 1 is 0.966 bits per heavy atom. The van der Waals surface area contributed by atoms with Crippen LogP contribution in [-0.2, 0) is 39.1 Å². The van der Waals surface area contributed by atoms with Gasteiger partial charge in [-0.2, -0.15) is 6.92 Å². The summed E-state index contributed by atoms with van der Waals surface area (Å²) in [5, 5.41) is 17.0. The second-order valence-corrected chi connectivity index (χ2v) is 5.98. The van der Waals surface area contributed by atoms with Crippen molar-refractivity contribution in [1.29, 1.82) is 0 Å². The molecule has 3 rings (SSSR count). The molecule has 2 aromatic carbocycles. The van der Waals surface area contributed by atoms with E-state index in [4.69, 9.17) is 0 Å². The molecule has 1 heterocycles. The minimum atomic E-state index is -0.427. The summed E-state index contributed by atoms with van der Waals surface area (Å²) in [5.41, 5.74) is 3.33. The largest absolute Gasteiger partial charge is 0.538 e. The van der Waals surface area contributed by atoms with Crippen LogP contribution in [0.5, 0.6) is 0 Å². The second-order valence-electron chi connectivity index (χ2n) is 5.98. The quantitative estimate of drug-likeness (QED) is 0.455. The summed E-state index contributed by atoms with van der Waals surface area (Å²) in [4.78, 5) is 0. The molecular weight excluding hydrogens is 433 g/mol. The fourth-order valence-electron chi connectivity index (χ4n) is 3.19. The molecule has 1 aliphatic rings. The van der Waals surface area contributed by atoms with Crippen LogP contribution in [0.1, 0.15) is 64.7 Å². The fraction of sp³-hybridized carbons (Fsp3) is 0.440. The summed E-state index contributed by atoms with van der Waals surface area (Å²) in [6, 6.07) is 18.9. The van der Waals surface area contributed by atoms with Crippen molar-refractivity contribution >= 4 is 5.69 Å². The van der Waals surface area contributed by atoms with E-state index in [-0.39, 0.29) is 38.8 Å². The zero-order valence-electron chi connectivity index (χ0n) is 19.0. The summed E-state index contributed by atoms with van der Waals surface area (Å²) in [5.74, 6) is 0. The molecule has 3 unspecified atom stereocenters.